The van der Waals surface area contributed by atoms with Crippen molar-refractivity contribution in [2.45, 2.75) is 220 Å². The maximum Gasteiger partial charge on any atom is 0.192 e. The van der Waals surface area contributed by atoms with E-state index < -0.39 is 25.0 Å². The second kappa shape index (κ2) is 19.3. The van der Waals surface area contributed by atoms with E-state index in [0.717, 1.165) is 19.3 Å². The molecule has 0 N–H and O–H groups in total. The minimum Gasteiger partial charge on any atom is -0.414 e. The first-order valence-electron chi connectivity index (χ1n) is 22.7. The zero-order valence-corrected chi connectivity index (χ0v) is 44.0. The molecule has 0 bridgehead atoms. The van der Waals surface area contributed by atoms with Crippen molar-refractivity contribution in [1.29, 1.82) is 0 Å². The summed E-state index contributed by atoms with van der Waals surface area (Å²) in [6, 6.07) is 0. The third kappa shape index (κ3) is 13.3. The van der Waals surface area contributed by atoms with E-state index in [1.165, 1.54) is 37.7 Å². The van der Waals surface area contributed by atoms with Crippen LogP contribution in [0.15, 0.2) is 35.5 Å². The highest BCUT2D eigenvalue weighted by atomic mass is 28.4. The Hall–Kier alpha value is -0.369. The van der Waals surface area contributed by atoms with Gasteiger partial charge in [-0.15, -0.1) is 0 Å². The molecule has 0 aliphatic heterocycles. The van der Waals surface area contributed by atoms with Crippen molar-refractivity contribution in [2.75, 3.05) is 27.1 Å². The molecule has 332 valence electrons. The highest BCUT2D eigenvalue weighted by molar-refractivity contribution is 6.75. The average Bonchev–Trinajstić information content (AvgIpc) is 3.41. The average molecular weight is 850 g/mol. The number of methoxy groups -OCH3 is 1. The molecule has 0 aromatic heterocycles. The Labute approximate surface area is 356 Å². The molecule has 0 amide bonds. The molecule has 0 heterocycles. The first-order chi connectivity index (χ1) is 25.9. The van der Waals surface area contributed by atoms with Gasteiger partial charge in [0.2, 0.25) is 0 Å². The van der Waals surface area contributed by atoms with E-state index in [9.17, 15) is 0 Å². The largest absolute Gasteiger partial charge is 0.414 e. The van der Waals surface area contributed by atoms with Gasteiger partial charge in [-0.3, -0.25) is 0 Å². The molecule has 3 aliphatic carbocycles. The van der Waals surface area contributed by atoms with Crippen molar-refractivity contribution in [1.82, 2.24) is 0 Å². The zero-order valence-electron chi connectivity index (χ0n) is 41.0. The smallest absolute Gasteiger partial charge is 0.192 e. The lowest BCUT2D eigenvalue weighted by Gasteiger charge is -2.48. The molecule has 3 fully saturated rings. The molecule has 9 heteroatoms. The third-order valence-electron chi connectivity index (χ3n) is 15.6. The number of hydrogen-bond donors (Lipinski definition) is 0. The normalized spacial score (nSPS) is 28.7. The first-order valence-corrected chi connectivity index (χ1v) is 31.4. The topological polar surface area (TPSA) is 55.4 Å². The number of fused-ring (bicyclic) bond motifs is 1. The summed E-state index contributed by atoms with van der Waals surface area (Å²) >= 11 is 0. The van der Waals surface area contributed by atoms with Gasteiger partial charge in [0.1, 0.15) is 12.9 Å². The van der Waals surface area contributed by atoms with Crippen LogP contribution in [0.4, 0.5) is 0 Å². The Bertz CT molecular complexity index is 1340. The van der Waals surface area contributed by atoms with Crippen LogP contribution in [0.1, 0.15) is 141 Å². The second-order valence-electron chi connectivity index (χ2n) is 23.6. The van der Waals surface area contributed by atoms with Crippen molar-refractivity contribution in [3.05, 3.63) is 35.5 Å². The molecular weight excluding hydrogens is 757 g/mol. The van der Waals surface area contributed by atoms with Crippen LogP contribution in [0.3, 0.4) is 0 Å². The van der Waals surface area contributed by atoms with Crippen molar-refractivity contribution >= 4 is 25.0 Å². The lowest BCUT2D eigenvalue weighted by atomic mass is 9.61. The molecule has 3 unspecified atom stereocenters. The van der Waals surface area contributed by atoms with E-state index in [-0.39, 0.29) is 39.0 Å². The van der Waals surface area contributed by atoms with Gasteiger partial charge in [0.15, 0.2) is 25.0 Å². The van der Waals surface area contributed by atoms with E-state index in [1.54, 1.807) is 12.7 Å². The molecule has 3 saturated carbocycles. The molecule has 0 saturated heterocycles. The van der Waals surface area contributed by atoms with Crippen molar-refractivity contribution < 1.29 is 27.5 Å². The maximum atomic E-state index is 7.39. The van der Waals surface area contributed by atoms with Crippen LogP contribution < -0.4 is 0 Å². The number of ether oxygens (including phenoxy) is 3. The molecule has 57 heavy (non-hydrogen) atoms. The predicted molar refractivity (Wildman–Crippen MR) is 251 cm³/mol. The minimum atomic E-state index is -2.13. The Kier molecular flexibility index (Phi) is 17.3. The van der Waals surface area contributed by atoms with Crippen LogP contribution >= 0.6 is 0 Å². The number of hydrogen-bond acceptors (Lipinski definition) is 6. The Morgan fingerprint density at radius 3 is 1.81 bits per heavy atom. The van der Waals surface area contributed by atoms with Gasteiger partial charge in [-0.25, -0.2) is 0 Å². The van der Waals surface area contributed by atoms with E-state index in [1.807, 2.05) is 0 Å². The van der Waals surface area contributed by atoms with Gasteiger partial charge in [0.05, 0.1) is 31.0 Å². The summed E-state index contributed by atoms with van der Waals surface area (Å²) < 4.78 is 39.5. The van der Waals surface area contributed by atoms with Crippen molar-refractivity contribution in [2.24, 2.45) is 23.2 Å². The van der Waals surface area contributed by atoms with Crippen molar-refractivity contribution in [3.8, 4) is 0 Å². The fourth-order valence-electron chi connectivity index (χ4n) is 8.79. The fraction of sp³-hybridized carbons (Fsp3) is 0.875. The summed E-state index contributed by atoms with van der Waals surface area (Å²) in [6.45, 7) is 46.1. The molecule has 0 aromatic carbocycles. The monoisotopic (exact) mass is 849 g/mol. The lowest BCUT2D eigenvalue weighted by molar-refractivity contribution is -0.112. The summed E-state index contributed by atoms with van der Waals surface area (Å²) in [4.78, 5) is 0. The Morgan fingerprint density at radius 1 is 0.754 bits per heavy atom. The molecular formula is C48H92O6Si3. The Balaban J connectivity index is 1.94. The van der Waals surface area contributed by atoms with Crippen LogP contribution in [-0.4, -0.2) is 76.0 Å². The van der Waals surface area contributed by atoms with Gasteiger partial charge in [-0.2, -0.15) is 0 Å². The fourth-order valence-corrected chi connectivity index (χ4v) is 12.5. The summed E-state index contributed by atoms with van der Waals surface area (Å²) in [5, 5.41) is 0.345. The van der Waals surface area contributed by atoms with Gasteiger partial charge in [-0.05, 0) is 143 Å². The number of rotatable bonds is 17. The maximum absolute atomic E-state index is 7.39. The molecule has 3 aliphatic rings. The summed E-state index contributed by atoms with van der Waals surface area (Å²) in [6.07, 6.45) is 18.7. The third-order valence-corrected chi connectivity index (χ3v) is 29.2. The summed E-state index contributed by atoms with van der Waals surface area (Å²) in [7, 11) is -4.46. The van der Waals surface area contributed by atoms with E-state index in [2.05, 4.69) is 154 Å². The second-order valence-corrected chi connectivity index (χ2v) is 38.0. The van der Waals surface area contributed by atoms with Gasteiger partial charge in [0.25, 0.3) is 0 Å². The van der Waals surface area contributed by atoms with E-state index >= 15 is 0 Å². The summed E-state index contributed by atoms with van der Waals surface area (Å²) in [5.41, 5.74) is 3.21. The SMILES string of the molecule is COCOC(C)(C)CC=C[C@@H](C)C1CCC2C(=CC=C3C[C@@H](O[Si](C)(C)C(C)(C)C)C(OCCO[Si](C)(C)C(C)(C)C)[C@H](O[Si](C)(C)C(C)(C)C)C3)CCCC21C. The van der Waals surface area contributed by atoms with E-state index in [0.29, 0.717) is 43.2 Å². The Morgan fingerprint density at radius 2 is 1.30 bits per heavy atom. The molecule has 6 nitrogen and oxygen atoms in total. The van der Waals surface area contributed by atoms with Gasteiger partial charge >= 0.3 is 0 Å². The standard InChI is InChI=1S/C48H92O6Si3/c1-36(23-21-29-47(11,12)51-35-49-14)39-27-28-40-38(24-22-30-48(39,40)13)26-25-37-33-41(53-56(17,18)45(5,6)7)43(42(34-37)54-57(19,20)46(8,9)10)50-31-32-52-55(15,16)44(2,3)4/h21,23,25-26,36,39-43H,22,24,27-35H2,1-20H3/t36-,39?,40?,41-,42-,43?,48?/m1/s1. The minimum absolute atomic E-state index is 0.0584. The summed E-state index contributed by atoms with van der Waals surface area (Å²) in [5.74, 6) is 1.88. The highest BCUT2D eigenvalue weighted by Crippen LogP contribution is 2.59. The molecule has 0 radical (unpaired) electrons. The molecule has 3 rings (SSSR count). The van der Waals surface area contributed by atoms with Crippen LogP contribution in [-0.2, 0) is 27.5 Å². The molecule has 6 atom stereocenters. The number of allylic oxidation sites excluding steroid dienone is 4. The van der Waals surface area contributed by atoms with Crippen LogP contribution in [0, 0.1) is 23.2 Å². The first kappa shape index (κ1) is 51.0. The van der Waals surface area contributed by atoms with Crippen LogP contribution in [0.2, 0.25) is 54.4 Å². The molecule has 0 aromatic rings. The lowest BCUT2D eigenvalue weighted by Crippen LogP contribution is -2.56. The quantitative estimate of drug-likeness (QED) is 0.0629. The highest BCUT2D eigenvalue weighted by Gasteiger charge is 2.51. The van der Waals surface area contributed by atoms with Crippen molar-refractivity contribution in [3.63, 3.8) is 0 Å². The van der Waals surface area contributed by atoms with E-state index in [4.69, 9.17) is 27.5 Å². The predicted octanol–water partition coefficient (Wildman–Crippen LogP) is 14.0. The molecule has 0 spiro atoms. The van der Waals surface area contributed by atoms with Gasteiger partial charge in [0, 0.05) is 7.11 Å². The van der Waals surface area contributed by atoms with Gasteiger partial charge in [-0.1, -0.05) is 112 Å². The van der Waals surface area contributed by atoms with Gasteiger partial charge < -0.3 is 27.5 Å². The van der Waals surface area contributed by atoms with Crippen LogP contribution in [0.5, 0.6) is 0 Å². The van der Waals surface area contributed by atoms with Crippen LogP contribution in [0.25, 0.3) is 0 Å². The zero-order chi connectivity index (χ0) is 43.5.